The van der Waals surface area contributed by atoms with E-state index in [9.17, 15) is 78.9 Å². The van der Waals surface area contributed by atoms with Gasteiger partial charge in [-0.3, -0.25) is 48.2 Å². The fraction of sp³-hybridized carbons (Fsp3) is 0.566. The molecular weight excluding hydrogens is 1100 g/mol. The molecule has 450 valence electrons. The summed E-state index contributed by atoms with van der Waals surface area (Å²) in [5, 5.41) is 87.3. The van der Waals surface area contributed by atoms with Crippen LogP contribution in [0.2, 0.25) is 0 Å². The van der Waals surface area contributed by atoms with Gasteiger partial charge in [0.1, 0.15) is 65.9 Å². The van der Waals surface area contributed by atoms with Gasteiger partial charge >= 0.3 is 5.97 Å². The van der Waals surface area contributed by atoms with Crippen molar-refractivity contribution in [2.75, 3.05) is 53.6 Å². The number of aromatic hydroxyl groups is 2. The van der Waals surface area contributed by atoms with Crippen LogP contribution in [0.25, 0.3) is 0 Å². The van der Waals surface area contributed by atoms with Crippen LogP contribution >= 0.6 is 0 Å². The number of phenolic OH excluding ortho intramolecular Hbond substituents is 2. The first-order valence-corrected chi connectivity index (χ1v) is 26.6. The summed E-state index contributed by atoms with van der Waals surface area (Å²) in [7, 11) is 2.77. The van der Waals surface area contributed by atoms with Crippen LogP contribution in [-0.2, 0) is 73.1 Å². The van der Waals surface area contributed by atoms with Crippen molar-refractivity contribution in [1.29, 1.82) is 0 Å². The molecule has 0 unspecified atom stereocenters. The van der Waals surface area contributed by atoms with Gasteiger partial charge in [-0.25, -0.2) is 4.79 Å². The highest BCUT2D eigenvalue weighted by Crippen LogP contribution is 2.53. The summed E-state index contributed by atoms with van der Waals surface area (Å²) in [4.78, 5) is 123. The van der Waals surface area contributed by atoms with E-state index in [-0.39, 0.29) is 40.5 Å². The highest BCUT2D eigenvalue weighted by molar-refractivity contribution is 6.31. The largest absolute Gasteiger partial charge is 0.507 e. The first-order chi connectivity index (χ1) is 39.4. The molecule has 6 amide bonds. The zero-order valence-electron chi connectivity index (χ0n) is 45.4. The number of fused-ring (bicyclic) bond motifs is 6. The molecule has 30 heteroatoms. The lowest BCUT2D eigenvalue weighted by atomic mass is 9.72. The highest BCUT2D eigenvalue weighted by Gasteiger charge is 2.56. The molecule has 4 saturated heterocycles. The minimum absolute atomic E-state index is 0.0150. The summed E-state index contributed by atoms with van der Waals surface area (Å²) in [6, 6.07) is 0.651. The number of aliphatic hydroxyl groups is 4. The Kier molecular flexibility index (Phi) is 17.7. The Balaban J connectivity index is 0.939. The number of ketones is 2. The van der Waals surface area contributed by atoms with Gasteiger partial charge in [0, 0.05) is 80.9 Å². The van der Waals surface area contributed by atoms with Crippen molar-refractivity contribution in [1.82, 2.24) is 31.1 Å². The number of carboxylic acid groups (broad SMARTS) is 1. The summed E-state index contributed by atoms with van der Waals surface area (Å²) < 4.78 is 46.6. The Labute approximate surface area is 471 Å². The van der Waals surface area contributed by atoms with E-state index in [2.05, 4.69) is 21.3 Å². The third-order valence-electron chi connectivity index (χ3n) is 15.7. The quantitative estimate of drug-likeness (QED) is 0.0308. The van der Waals surface area contributed by atoms with E-state index >= 15 is 0 Å². The summed E-state index contributed by atoms with van der Waals surface area (Å²) in [5.41, 5.74) is -4.56. The number of morpholine rings is 1. The molecule has 4 fully saturated rings. The topological polar surface area (TPSA) is 424 Å². The van der Waals surface area contributed by atoms with Crippen LogP contribution in [0.5, 0.6) is 17.2 Å². The number of carboxylic acids is 1. The molecule has 9 rings (SSSR count). The summed E-state index contributed by atoms with van der Waals surface area (Å²) >= 11 is 0. The minimum atomic E-state index is -2.54. The van der Waals surface area contributed by atoms with Crippen molar-refractivity contribution < 1.29 is 117 Å². The molecule has 0 radical (unpaired) electrons. The monoisotopic (exact) mass is 1170 g/mol. The Morgan fingerprint density at radius 1 is 0.843 bits per heavy atom. The smallest absolute Gasteiger partial charge is 0.335 e. The number of hydrogen-bond acceptors (Lipinski definition) is 24. The second-order valence-electron chi connectivity index (χ2n) is 21.3. The lowest BCUT2D eigenvalue weighted by Crippen LogP contribution is -2.62. The first kappa shape index (κ1) is 60.5. The number of imide groups is 1. The van der Waals surface area contributed by atoms with Gasteiger partial charge in [-0.15, -0.1) is 0 Å². The second-order valence-corrected chi connectivity index (χ2v) is 21.3. The van der Waals surface area contributed by atoms with Gasteiger partial charge in [0.2, 0.25) is 23.5 Å². The minimum Gasteiger partial charge on any atom is -0.507 e. The van der Waals surface area contributed by atoms with Crippen LogP contribution in [0, 0.1) is 5.92 Å². The molecule has 2 aromatic carbocycles. The zero-order valence-corrected chi connectivity index (χ0v) is 45.4. The van der Waals surface area contributed by atoms with E-state index in [1.807, 2.05) is 4.90 Å². The third kappa shape index (κ3) is 11.5. The SMILES string of the molecule is COc1cccc2c1C(=O)c1c(O)c3c(c(O)c1C2=O)C[C@@](O)(C(=O)NCCNC(=O)[C@H](CO[C@@H]1O[C@H](C(=O)O)[C@@H](O)[C@H](O)[C@H]1O)NC(=O)[C@@H](NC(=O)CN1C(=O)C=CC1=O)C(C)C)C[C@@H]3O[C@@H]1C[C@H]2[C@H](O[C@@H]3[C@@H](OC)OCCN32)[C@H](C)O1. The lowest BCUT2D eigenvalue weighted by molar-refractivity contribution is -0.294. The number of amides is 6. The normalized spacial score (nSPS) is 30.8. The van der Waals surface area contributed by atoms with Crippen molar-refractivity contribution in [3.05, 3.63) is 63.7 Å². The Bertz CT molecular complexity index is 2970. The molecule has 2 aromatic rings. The van der Waals surface area contributed by atoms with Gasteiger partial charge in [-0.2, -0.15) is 0 Å². The maximum absolute atomic E-state index is 14.4. The van der Waals surface area contributed by atoms with E-state index in [4.69, 9.17) is 37.9 Å². The molecule has 2 aliphatic carbocycles. The number of methoxy groups -OCH3 is 2. The average molecular weight is 1170 g/mol. The maximum atomic E-state index is 14.4. The average Bonchev–Trinajstić information content (AvgIpc) is 1.71. The summed E-state index contributed by atoms with van der Waals surface area (Å²) in [5.74, 6) is -11.5. The Hall–Kier alpha value is -7.07. The predicted octanol–water partition coefficient (Wildman–Crippen LogP) is -4.16. The van der Waals surface area contributed by atoms with Crippen LogP contribution < -0.4 is 26.0 Å². The van der Waals surface area contributed by atoms with E-state index in [1.54, 1.807) is 6.92 Å². The van der Waals surface area contributed by atoms with E-state index in [1.165, 1.54) is 46.3 Å². The molecule has 7 aliphatic rings. The number of benzene rings is 2. The fourth-order valence-electron chi connectivity index (χ4n) is 11.5. The number of nitrogens with zero attached hydrogens (tertiary/aromatic N) is 2. The number of nitrogens with one attached hydrogen (secondary N) is 4. The Morgan fingerprint density at radius 2 is 1.54 bits per heavy atom. The number of aliphatic carboxylic acids is 1. The highest BCUT2D eigenvalue weighted by atomic mass is 16.7. The molecule has 11 N–H and O–H groups in total. The van der Waals surface area contributed by atoms with E-state index < -0.39 is 206 Å². The number of hydrogen-bond donors (Lipinski definition) is 11. The molecule has 5 heterocycles. The summed E-state index contributed by atoms with van der Waals surface area (Å²) in [6.45, 7) is 2.91. The number of carbonyl (C=O) groups excluding carboxylic acids is 8. The lowest BCUT2D eigenvalue weighted by Gasteiger charge is -2.43. The molecule has 0 aromatic heterocycles. The second kappa shape index (κ2) is 24.3. The van der Waals surface area contributed by atoms with Crippen LogP contribution in [0.4, 0.5) is 0 Å². The number of ether oxygens (including phenoxy) is 8. The molecule has 0 saturated carbocycles. The van der Waals surface area contributed by atoms with Crippen LogP contribution in [0.15, 0.2) is 30.4 Å². The molecular formula is C53H64N6O24. The zero-order chi connectivity index (χ0) is 60.1. The third-order valence-corrected chi connectivity index (χ3v) is 15.7. The van der Waals surface area contributed by atoms with E-state index in [0.717, 1.165) is 12.2 Å². The van der Waals surface area contributed by atoms with Crippen LogP contribution in [-0.4, -0.2) is 238 Å². The number of phenols is 2. The first-order valence-electron chi connectivity index (χ1n) is 26.6. The maximum Gasteiger partial charge on any atom is 0.335 e. The molecule has 83 heavy (non-hydrogen) atoms. The summed E-state index contributed by atoms with van der Waals surface area (Å²) in [6.07, 6.45) is -14.9. The van der Waals surface area contributed by atoms with Gasteiger partial charge in [0.15, 0.2) is 37.0 Å². The van der Waals surface area contributed by atoms with E-state index in [0.29, 0.717) is 18.1 Å². The predicted molar refractivity (Wildman–Crippen MR) is 272 cm³/mol. The fourth-order valence-corrected chi connectivity index (χ4v) is 11.5. The van der Waals surface area contributed by atoms with Crippen molar-refractivity contribution in [3.8, 4) is 17.2 Å². The van der Waals surface area contributed by atoms with Crippen LogP contribution in [0.3, 0.4) is 0 Å². The Morgan fingerprint density at radius 3 is 2.22 bits per heavy atom. The van der Waals surface area contributed by atoms with Crippen LogP contribution in [0.1, 0.15) is 82.7 Å². The molecule has 30 nitrogen and oxygen atoms in total. The number of aliphatic hydroxyl groups excluding tert-OH is 3. The van der Waals surface area contributed by atoms with Crippen molar-refractivity contribution >= 4 is 53.0 Å². The standard InChI is InChI=1S/C53H64N6O24/c1-20(2)36(57-28(60)18-59-29(61)9-10-30(59)62)47(71)56-24(19-79-50-43(69)41(67)42(68)45(83-50)49(72)73)46(70)54-11-12-55-52(74)53(75)16-23-33(40(66)35-34(38(23)64)37(63)22-7-6-8-26(76-4)32(22)39(35)65)27(17-53)81-31-15-25-44(21(3)80-31)82-48-51(77-5)78-14-13-58(25)48/h6-10,20-21,24-25,27,31,36,41-45,48,50-51,64,66-69,75H,11-19H2,1-5H3,(H,54,70)(H,55,74)(H,56,71)(H,57,60)(H,72,73)/t21-,24-,25-,27-,31+,36-,41-,42-,43+,44+,45-,48+,50+,51-,53-/m0/s1. The molecule has 5 aliphatic heterocycles. The van der Waals surface area contributed by atoms with Gasteiger partial charge in [-0.05, 0) is 18.9 Å². The number of carbonyl (C=O) groups is 9. The molecule has 0 bridgehead atoms. The molecule has 0 spiro atoms. The van der Waals surface area contributed by atoms with Gasteiger partial charge < -0.3 is 94.9 Å². The molecule has 15 atom stereocenters. The van der Waals surface area contributed by atoms with Gasteiger partial charge in [-0.1, -0.05) is 26.0 Å². The van der Waals surface area contributed by atoms with Crippen molar-refractivity contribution in [2.45, 2.75) is 132 Å². The van der Waals surface area contributed by atoms with Crippen molar-refractivity contribution in [3.63, 3.8) is 0 Å². The van der Waals surface area contributed by atoms with Crippen molar-refractivity contribution in [2.24, 2.45) is 5.92 Å². The van der Waals surface area contributed by atoms with Gasteiger partial charge in [0.25, 0.3) is 17.7 Å². The van der Waals surface area contributed by atoms with Gasteiger partial charge in [0.05, 0.1) is 49.2 Å². The number of rotatable bonds is 19.